The van der Waals surface area contributed by atoms with E-state index in [0.717, 1.165) is 6.07 Å². The first-order valence-corrected chi connectivity index (χ1v) is 7.51. The van der Waals surface area contributed by atoms with E-state index >= 15 is 0 Å². The molecule has 2 rings (SSSR count). The van der Waals surface area contributed by atoms with E-state index in [1.807, 2.05) is 0 Å². The molecule has 24 heavy (non-hydrogen) atoms. The van der Waals surface area contributed by atoms with E-state index in [2.05, 4.69) is 5.32 Å². The Hall–Kier alpha value is -2.25. The van der Waals surface area contributed by atoms with Crippen molar-refractivity contribution in [2.75, 3.05) is 13.1 Å². The van der Waals surface area contributed by atoms with Gasteiger partial charge in [-0.15, -0.1) is 0 Å². The van der Waals surface area contributed by atoms with Crippen LogP contribution in [0.3, 0.4) is 0 Å². The van der Waals surface area contributed by atoms with Gasteiger partial charge in [0.1, 0.15) is 5.60 Å². The third-order valence-corrected chi connectivity index (χ3v) is 3.46. The first-order chi connectivity index (χ1) is 11.1. The lowest BCUT2D eigenvalue weighted by Gasteiger charge is -2.22. The van der Waals surface area contributed by atoms with Crippen LogP contribution in [0.2, 0.25) is 0 Å². The number of likely N-dealkylation sites (tertiary alicyclic amines) is 1. The van der Waals surface area contributed by atoms with E-state index in [4.69, 9.17) is 4.74 Å². The number of ether oxygens (including phenoxy) is 1. The highest BCUT2D eigenvalue weighted by molar-refractivity contribution is 5.94. The minimum atomic E-state index is -1.68. The number of amides is 2. The first-order valence-electron chi connectivity index (χ1n) is 7.51. The summed E-state index contributed by atoms with van der Waals surface area (Å²) in [5, 5.41) is 2.62. The van der Waals surface area contributed by atoms with Crippen LogP contribution in [0.1, 0.15) is 37.6 Å². The topological polar surface area (TPSA) is 58.6 Å². The minimum absolute atomic E-state index is 0.135. The van der Waals surface area contributed by atoms with E-state index in [1.165, 1.54) is 4.90 Å². The molecule has 0 aromatic heterocycles. The van der Waals surface area contributed by atoms with Crippen molar-refractivity contribution in [3.05, 3.63) is 35.1 Å². The van der Waals surface area contributed by atoms with Crippen LogP contribution >= 0.6 is 0 Å². The molecule has 1 unspecified atom stereocenters. The van der Waals surface area contributed by atoms with Crippen LogP contribution < -0.4 is 5.32 Å². The van der Waals surface area contributed by atoms with Crippen molar-refractivity contribution in [2.45, 2.75) is 38.8 Å². The molecule has 1 saturated heterocycles. The smallest absolute Gasteiger partial charge is 0.407 e. The molecule has 0 aliphatic carbocycles. The van der Waals surface area contributed by atoms with Gasteiger partial charge in [0.25, 0.3) is 5.91 Å². The highest BCUT2D eigenvalue weighted by Crippen LogP contribution is 2.20. The van der Waals surface area contributed by atoms with Crippen molar-refractivity contribution >= 4 is 12.0 Å². The van der Waals surface area contributed by atoms with Gasteiger partial charge in [0.2, 0.25) is 0 Å². The van der Waals surface area contributed by atoms with Gasteiger partial charge in [-0.05, 0) is 39.3 Å². The number of nitrogens with zero attached hydrogens (tertiary/aromatic N) is 1. The lowest BCUT2D eigenvalue weighted by Crippen LogP contribution is -2.41. The number of hydrogen-bond donors (Lipinski definition) is 1. The molecule has 2 amide bonds. The molecule has 0 spiro atoms. The predicted molar refractivity (Wildman–Crippen MR) is 80.0 cm³/mol. The average Bonchev–Trinajstić information content (AvgIpc) is 2.90. The van der Waals surface area contributed by atoms with Gasteiger partial charge in [0, 0.05) is 13.1 Å². The molecule has 1 aromatic carbocycles. The van der Waals surface area contributed by atoms with Crippen LogP contribution in [-0.2, 0) is 4.74 Å². The summed E-state index contributed by atoms with van der Waals surface area (Å²) >= 11 is 0. The van der Waals surface area contributed by atoms with Crippen LogP contribution in [0.4, 0.5) is 18.0 Å². The van der Waals surface area contributed by atoms with Gasteiger partial charge >= 0.3 is 6.09 Å². The minimum Gasteiger partial charge on any atom is -0.444 e. The fourth-order valence-electron chi connectivity index (χ4n) is 2.40. The standard InChI is InChI=1S/C16H19F3N2O3/c1-16(2,3)24-15(23)20-9-6-7-21(8-9)14(22)10-4-5-11(17)13(19)12(10)18/h4-5,9H,6-8H2,1-3H3,(H,20,23). The van der Waals surface area contributed by atoms with Gasteiger partial charge in [-0.3, -0.25) is 4.79 Å². The van der Waals surface area contributed by atoms with Gasteiger partial charge in [-0.25, -0.2) is 18.0 Å². The van der Waals surface area contributed by atoms with Crippen molar-refractivity contribution in [1.82, 2.24) is 10.2 Å². The van der Waals surface area contributed by atoms with Gasteiger partial charge in [0.15, 0.2) is 17.5 Å². The van der Waals surface area contributed by atoms with E-state index in [0.29, 0.717) is 12.5 Å². The van der Waals surface area contributed by atoms with Gasteiger partial charge in [-0.2, -0.15) is 0 Å². The molecule has 1 atom stereocenters. The van der Waals surface area contributed by atoms with Crippen LogP contribution in [0.15, 0.2) is 12.1 Å². The van der Waals surface area contributed by atoms with Gasteiger partial charge in [-0.1, -0.05) is 0 Å². The number of benzene rings is 1. The predicted octanol–water partition coefficient (Wildman–Crippen LogP) is 2.84. The van der Waals surface area contributed by atoms with Crippen LogP contribution in [0.5, 0.6) is 0 Å². The number of rotatable bonds is 2. The maximum absolute atomic E-state index is 13.7. The van der Waals surface area contributed by atoms with E-state index in [9.17, 15) is 22.8 Å². The molecular formula is C16H19F3N2O3. The second kappa shape index (κ2) is 6.70. The van der Waals surface area contributed by atoms with E-state index < -0.39 is 40.6 Å². The summed E-state index contributed by atoms with van der Waals surface area (Å²) in [6.45, 7) is 5.57. The molecule has 1 aliphatic rings. The molecule has 5 nitrogen and oxygen atoms in total. The summed E-state index contributed by atoms with van der Waals surface area (Å²) in [6.07, 6.45) is -0.156. The Morgan fingerprint density at radius 2 is 1.88 bits per heavy atom. The molecule has 1 aliphatic heterocycles. The number of alkyl carbamates (subject to hydrolysis) is 1. The Balaban J connectivity index is 1.99. The Labute approximate surface area is 137 Å². The fraction of sp³-hybridized carbons (Fsp3) is 0.500. The summed E-state index contributed by atoms with van der Waals surface area (Å²) in [5.74, 6) is -5.29. The molecule has 132 valence electrons. The normalized spacial score (nSPS) is 17.8. The van der Waals surface area contributed by atoms with E-state index in [1.54, 1.807) is 20.8 Å². The quantitative estimate of drug-likeness (QED) is 0.840. The van der Waals surface area contributed by atoms with Gasteiger partial charge in [0.05, 0.1) is 11.6 Å². The third kappa shape index (κ3) is 4.18. The zero-order valence-electron chi connectivity index (χ0n) is 13.7. The Bertz CT molecular complexity index is 659. The molecule has 1 fully saturated rings. The van der Waals surface area contributed by atoms with Crippen molar-refractivity contribution in [3.63, 3.8) is 0 Å². The third-order valence-electron chi connectivity index (χ3n) is 3.46. The molecule has 1 aromatic rings. The lowest BCUT2D eigenvalue weighted by atomic mass is 10.1. The molecule has 1 heterocycles. The Morgan fingerprint density at radius 3 is 2.50 bits per heavy atom. The zero-order valence-corrected chi connectivity index (χ0v) is 13.7. The average molecular weight is 344 g/mol. The second-order valence-corrected chi connectivity index (χ2v) is 6.61. The zero-order chi connectivity index (χ0) is 18.1. The molecule has 0 radical (unpaired) electrons. The largest absolute Gasteiger partial charge is 0.444 e. The summed E-state index contributed by atoms with van der Waals surface area (Å²) in [7, 11) is 0. The Kier molecular flexibility index (Phi) is 5.05. The SMILES string of the molecule is CC(C)(C)OC(=O)NC1CCN(C(=O)c2ccc(F)c(F)c2F)C1. The number of carbonyl (C=O) groups excluding carboxylic acids is 2. The highest BCUT2D eigenvalue weighted by atomic mass is 19.2. The summed E-state index contributed by atoms with van der Waals surface area (Å²) in [5.41, 5.74) is -1.18. The second-order valence-electron chi connectivity index (χ2n) is 6.61. The number of carbonyl (C=O) groups is 2. The Morgan fingerprint density at radius 1 is 1.21 bits per heavy atom. The van der Waals surface area contributed by atoms with E-state index in [-0.39, 0.29) is 19.1 Å². The molecule has 1 N–H and O–H groups in total. The molecule has 0 bridgehead atoms. The summed E-state index contributed by atoms with van der Waals surface area (Å²) in [6, 6.07) is 1.26. The van der Waals surface area contributed by atoms with Crippen molar-refractivity contribution in [3.8, 4) is 0 Å². The summed E-state index contributed by atoms with van der Waals surface area (Å²) < 4.78 is 45.0. The van der Waals surface area contributed by atoms with Crippen LogP contribution in [0, 0.1) is 17.5 Å². The van der Waals surface area contributed by atoms with Crippen LogP contribution in [0.25, 0.3) is 0 Å². The maximum Gasteiger partial charge on any atom is 0.407 e. The first kappa shape index (κ1) is 18.1. The van der Waals surface area contributed by atoms with Crippen LogP contribution in [-0.4, -0.2) is 41.6 Å². The fourth-order valence-corrected chi connectivity index (χ4v) is 2.40. The lowest BCUT2D eigenvalue weighted by molar-refractivity contribution is 0.0502. The number of nitrogens with one attached hydrogen (secondary N) is 1. The summed E-state index contributed by atoms with van der Waals surface area (Å²) in [4.78, 5) is 25.2. The van der Waals surface area contributed by atoms with Crippen molar-refractivity contribution in [2.24, 2.45) is 0 Å². The van der Waals surface area contributed by atoms with Crippen molar-refractivity contribution in [1.29, 1.82) is 0 Å². The highest BCUT2D eigenvalue weighted by Gasteiger charge is 2.31. The molecule has 0 saturated carbocycles. The number of hydrogen-bond acceptors (Lipinski definition) is 3. The maximum atomic E-state index is 13.7. The van der Waals surface area contributed by atoms with Crippen molar-refractivity contribution < 1.29 is 27.5 Å². The molecule has 8 heteroatoms. The monoisotopic (exact) mass is 344 g/mol. The number of halogens is 3. The molecular weight excluding hydrogens is 325 g/mol. The van der Waals surface area contributed by atoms with Gasteiger partial charge < -0.3 is 15.0 Å².